The van der Waals surface area contributed by atoms with Crippen LogP contribution >= 0.6 is 12.4 Å². The van der Waals surface area contributed by atoms with Gasteiger partial charge in [-0.2, -0.15) is 0 Å². The van der Waals surface area contributed by atoms with Crippen LogP contribution < -0.4 is 15.4 Å². The van der Waals surface area contributed by atoms with Crippen LogP contribution in [0.25, 0.3) is 11.1 Å². The van der Waals surface area contributed by atoms with E-state index in [1.54, 1.807) is 7.11 Å². The average Bonchev–Trinajstić information content (AvgIpc) is 2.77. The van der Waals surface area contributed by atoms with Crippen LogP contribution in [0.5, 0.6) is 5.75 Å². The van der Waals surface area contributed by atoms with Crippen molar-refractivity contribution in [3.8, 4) is 16.9 Å². The second-order valence-electron chi connectivity index (χ2n) is 7.44. The first-order chi connectivity index (χ1) is 13.6. The molecule has 0 aliphatic heterocycles. The molecular formula is C23H31ClN2O3. The van der Waals surface area contributed by atoms with E-state index in [0.717, 1.165) is 53.7 Å². The third-order valence-corrected chi connectivity index (χ3v) is 5.71. The van der Waals surface area contributed by atoms with E-state index >= 15 is 0 Å². The van der Waals surface area contributed by atoms with Crippen molar-refractivity contribution in [3.63, 3.8) is 0 Å². The normalized spacial score (nSPS) is 18.6. The largest absolute Gasteiger partial charge is 0.496 e. The van der Waals surface area contributed by atoms with Crippen molar-refractivity contribution in [2.75, 3.05) is 14.2 Å². The summed E-state index contributed by atoms with van der Waals surface area (Å²) in [6, 6.07) is 14.4. The molecular weight excluding hydrogens is 388 g/mol. The van der Waals surface area contributed by atoms with Gasteiger partial charge in [-0.25, -0.2) is 0 Å². The highest BCUT2D eigenvalue weighted by Crippen LogP contribution is 2.28. The highest BCUT2D eigenvalue weighted by atomic mass is 35.5. The number of carbonyl (C=O) groups is 1. The predicted molar refractivity (Wildman–Crippen MR) is 118 cm³/mol. The van der Waals surface area contributed by atoms with Gasteiger partial charge in [0.25, 0.3) is 0 Å². The van der Waals surface area contributed by atoms with E-state index in [1.165, 1.54) is 0 Å². The van der Waals surface area contributed by atoms with Gasteiger partial charge in [-0.05, 0) is 61.6 Å². The third-order valence-electron chi connectivity index (χ3n) is 5.71. The number of halogens is 1. The van der Waals surface area contributed by atoms with Gasteiger partial charge in [0.1, 0.15) is 5.75 Å². The quantitative estimate of drug-likeness (QED) is 0.641. The lowest BCUT2D eigenvalue weighted by molar-refractivity contribution is -0.126. The highest BCUT2D eigenvalue weighted by molar-refractivity contribution is 5.85. The SMILES string of the molecule is CNC1CCC(C(=O)NCc2cc(-c3ccc(CO)cc3)ccc2OC)CC1.Cl. The molecule has 0 atom stereocenters. The van der Waals surface area contributed by atoms with Crippen LogP contribution in [0.15, 0.2) is 42.5 Å². The summed E-state index contributed by atoms with van der Waals surface area (Å²) in [7, 11) is 3.64. The first-order valence-corrected chi connectivity index (χ1v) is 9.96. The summed E-state index contributed by atoms with van der Waals surface area (Å²) in [5, 5.41) is 15.6. The molecule has 0 radical (unpaired) electrons. The Morgan fingerprint density at radius 3 is 2.31 bits per heavy atom. The molecule has 0 aromatic heterocycles. The number of benzene rings is 2. The lowest BCUT2D eigenvalue weighted by atomic mass is 9.85. The standard InChI is InChI=1S/C23H30N2O3.ClH/c1-24-21-10-7-18(8-11-21)23(27)25-14-20-13-19(9-12-22(20)28-2)17-5-3-16(15-26)4-6-17;/h3-6,9,12-13,18,21,24,26H,7-8,10-11,14-15H2,1-2H3,(H,25,27);1H. The van der Waals surface area contributed by atoms with Crippen LogP contribution in [0.4, 0.5) is 0 Å². The summed E-state index contributed by atoms with van der Waals surface area (Å²) in [5.41, 5.74) is 3.98. The van der Waals surface area contributed by atoms with Gasteiger partial charge in [0.2, 0.25) is 5.91 Å². The molecule has 1 amide bonds. The number of amides is 1. The molecule has 158 valence electrons. The van der Waals surface area contributed by atoms with E-state index in [1.807, 2.05) is 43.4 Å². The van der Waals surface area contributed by atoms with Crippen LogP contribution in [0, 0.1) is 5.92 Å². The molecule has 2 aromatic rings. The molecule has 0 heterocycles. The number of rotatable bonds is 7. The zero-order valence-corrected chi connectivity index (χ0v) is 17.9. The molecule has 1 aliphatic carbocycles. The minimum Gasteiger partial charge on any atom is -0.496 e. The summed E-state index contributed by atoms with van der Waals surface area (Å²) in [6.07, 6.45) is 3.98. The minimum absolute atomic E-state index is 0. The maximum absolute atomic E-state index is 12.6. The number of carbonyl (C=O) groups excluding carboxylic acids is 1. The number of aliphatic hydroxyl groups excluding tert-OH is 1. The molecule has 1 aliphatic rings. The van der Waals surface area contributed by atoms with E-state index in [0.29, 0.717) is 12.6 Å². The molecule has 3 N–H and O–H groups in total. The van der Waals surface area contributed by atoms with Gasteiger partial charge >= 0.3 is 0 Å². The first-order valence-electron chi connectivity index (χ1n) is 9.96. The fourth-order valence-corrected chi connectivity index (χ4v) is 3.87. The molecule has 0 spiro atoms. The van der Waals surface area contributed by atoms with Gasteiger partial charge in [0.05, 0.1) is 13.7 Å². The van der Waals surface area contributed by atoms with Crippen LogP contribution in [0.1, 0.15) is 36.8 Å². The van der Waals surface area contributed by atoms with Crippen LogP contribution in [-0.4, -0.2) is 31.2 Å². The Bertz CT molecular complexity index is 787. The molecule has 1 saturated carbocycles. The maximum Gasteiger partial charge on any atom is 0.223 e. The Morgan fingerprint density at radius 2 is 1.72 bits per heavy atom. The van der Waals surface area contributed by atoms with Crippen LogP contribution in [0.3, 0.4) is 0 Å². The Labute approximate surface area is 179 Å². The average molecular weight is 419 g/mol. The summed E-state index contributed by atoms with van der Waals surface area (Å²) in [4.78, 5) is 12.6. The van der Waals surface area contributed by atoms with Crippen molar-refractivity contribution in [3.05, 3.63) is 53.6 Å². The van der Waals surface area contributed by atoms with E-state index in [2.05, 4.69) is 16.7 Å². The summed E-state index contributed by atoms with van der Waals surface area (Å²) >= 11 is 0. The number of aliphatic hydroxyl groups is 1. The zero-order chi connectivity index (χ0) is 19.9. The van der Waals surface area contributed by atoms with E-state index in [4.69, 9.17) is 4.74 Å². The molecule has 5 nitrogen and oxygen atoms in total. The molecule has 0 unspecified atom stereocenters. The number of hydrogen-bond donors (Lipinski definition) is 3. The number of nitrogens with one attached hydrogen (secondary N) is 2. The van der Waals surface area contributed by atoms with Crippen molar-refractivity contribution in [2.45, 2.75) is 44.9 Å². The monoisotopic (exact) mass is 418 g/mol. The predicted octanol–water partition coefficient (Wildman–Crippen LogP) is 3.67. The second-order valence-corrected chi connectivity index (χ2v) is 7.44. The van der Waals surface area contributed by atoms with Crippen molar-refractivity contribution in [1.29, 1.82) is 0 Å². The van der Waals surface area contributed by atoms with Gasteiger partial charge < -0.3 is 20.5 Å². The Hall–Kier alpha value is -2.08. The molecule has 2 aromatic carbocycles. The van der Waals surface area contributed by atoms with Crippen molar-refractivity contribution in [2.24, 2.45) is 5.92 Å². The van der Waals surface area contributed by atoms with Gasteiger partial charge in [-0.1, -0.05) is 30.3 Å². The summed E-state index contributed by atoms with van der Waals surface area (Å²) in [5.74, 6) is 1.01. The first kappa shape index (κ1) is 23.2. The minimum atomic E-state index is 0. The van der Waals surface area contributed by atoms with Crippen LogP contribution in [0.2, 0.25) is 0 Å². The highest BCUT2D eigenvalue weighted by Gasteiger charge is 2.25. The van der Waals surface area contributed by atoms with E-state index < -0.39 is 0 Å². The molecule has 1 fully saturated rings. The van der Waals surface area contributed by atoms with Gasteiger partial charge in [0.15, 0.2) is 0 Å². The molecule has 3 rings (SSSR count). The zero-order valence-electron chi connectivity index (χ0n) is 17.1. The fraction of sp³-hybridized carbons (Fsp3) is 0.435. The molecule has 0 bridgehead atoms. The third kappa shape index (κ3) is 5.95. The fourth-order valence-electron chi connectivity index (χ4n) is 3.87. The summed E-state index contributed by atoms with van der Waals surface area (Å²) < 4.78 is 5.49. The second kappa shape index (κ2) is 11.2. The van der Waals surface area contributed by atoms with E-state index in [9.17, 15) is 9.90 Å². The maximum atomic E-state index is 12.6. The summed E-state index contributed by atoms with van der Waals surface area (Å²) in [6.45, 7) is 0.493. The Kier molecular flexibility index (Phi) is 8.96. The van der Waals surface area contributed by atoms with Crippen molar-refractivity contribution in [1.82, 2.24) is 10.6 Å². The lowest BCUT2D eigenvalue weighted by Gasteiger charge is -2.27. The Morgan fingerprint density at radius 1 is 1.07 bits per heavy atom. The number of hydrogen-bond acceptors (Lipinski definition) is 4. The Balaban J connectivity index is 0.00000300. The smallest absolute Gasteiger partial charge is 0.223 e. The number of methoxy groups -OCH3 is 1. The van der Waals surface area contributed by atoms with E-state index in [-0.39, 0.29) is 30.8 Å². The molecule has 6 heteroatoms. The van der Waals surface area contributed by atoms with Crippen LogP contribution in [-0.2, 0) is 17.9 Å². The molecule has 29 heavy (non-hydrogen) atoms. The van der Waals surface area contributed by atoms with Crippen molar-refractivity contribution < 1.29 is 14.6 Å². The molecule has 0 saturated heterocycles. The van der Waals surface area contributed by atoms with Gasteiger partial charge in [-0.3, -0.25) is 4.79 Å². The topological polar surface area (TPSA) is 70.6 Å². The lowest BCUT2D eigenvalue weighted by Crippen LogP contribution is -2.37. The number of ether oxygens (including phenoxy) is 1. The van der Waals surface area contributed by atoms with Gasteiger partial charge in [0, 0.05) is 24.1 Å². The van der Waals surface area contributed by atoms with Crippen molar-refractivity contribution >= 4 is 18.3 Å². The van der Waals surface area contributed by atoms with Gasteiger partial charge in [-0.15, -0.1) is 12.4 Å².